The molecular formula is C27H28N2O4. The lowest BCUT2D eigenvalue weighted by Gasteiger charge is -2.24. The first kappa shape index (κ1) is 21.3. The van der Waals surface area contributed by atoms with Crippen LogP contribution in [0.5, 0.6) is 5.75 Å². The first-order valence-corrected chi connectivity index (χ1v) is 11.5. The molecule has 0 aliphatic heterocycles. The monoisotopic (exact) mass is 444 g/mol. The van der Waals surface area contributed by atoms with Crippen LogP contribution in [0.3, 0.4) is 0 Å². The molecule has 33 heavy (non-hydrogen) atoms. The quantitative estimate of drug-likeness (QED) is 0.423. The van der Waals surface area contributed by atoms with Gasteiger partial charge in [-0.15, -0.1) is 0 Å². The van der Waals surface area contributed by atoms with E-state index in [0.29, 0.717) is 23.3 Å². The smallest absolute Gasteiger partial charge is 0.339 e. The second kappa shape index (κ2) is 8.43. The maximum Gasteiger partial charge on any atom is 0.339 e. The number of amides is 1. The van der Waals surface area contributed by atoms with Crippen LogP contribution < -0.4 is 15.7 Å². The van der Waals surface area contributed by atoms with Gasteiger partial charge in [-0.2, -0.15) is 0 Å². The van der Waals surface area contributed by atoms with Crippen LogP contribution in [0.2, 0.25) is 0 Å². The van der Waals surface area contributed by atoms with E-state index < -0.39 is 0 Å². The molecule has 1 amide bonds. The average molecular weight is 445 g/mol. The average Bonchev–Trinajstić information content (AvgIpc) is 3.19. The first-order valence-electron chi connectivity index (χ1n) is 11.5. The van der Waals surface area contributed by atoms with E-state index in [-0.39, 0.29) is 24.0 Å². The Morgan fingerprint density at radius 1 is 1.15 bits per heavy atom. The van der Waals surface area contributed by atoms with Crippen molar-refractivity contribution in [1.29, 1.82) is 0 Å². The highest BCUT2D eigenvalue weighted by atomic mass is 16.5. The zero-order valence-electron chi connectivity index (χ0n) is 19.2. The van der Waals surface area contributed by atoms with Crippen molar-refractivity contribution in [3.63, 3.8) is 0 Å². The summed E-state index contributed by atoms with van der Waals surface area (Å²) in [6, 6.07) is 12.0. The lowest BCUT2D eigenvalue weighted by molar-refractivity contribution is -0.121. The standard InChI is InChI=1S/C27H28N2O4/c1-15-17-11-13-23(32-3)16(2)26(17)33-27(31)18(15)12-14-24(30)28-22-10-6-8-20-19-7-4-5-9-21(19)29-25(20)22/h4-5,7,9,11,13,22,29H,6,8,10,12,14H2,1-3H3,(H,28,30)/t22-/m0/s1. The molecule has 4 aromatic rings. The zero-order chi connectivity index (χ0) is 23.1. The largest absolute Gasteiger partial charge is 0.496 e. The Morgan fingerprint density at radius 2 is 1.97 bits per heavy atom. The van der Waals surface area contributed by atoms with Crippen molar-refractivity contribution < 1.29 is 13.9 Å². The molecule has 170 valence electrons. The maximum absolute atomic E-state index is 12.9. The van der Waals surface area contributed by atoms with Crippen LogP contribution in [0.15, 0.2) is 45.6 Å². The molecule has 0 unspecified atom stereocenters. The predicted molar refractivity (Wildman–Crippen MR) is 129 cm³/mol. The lowest BCUT2D eigenvalue weighted by Crippen LogP contribution is -2.31. The Labute approximate surface area is 191 Å². The highest BCUT2D eigenvalue weighted by molar-refractivity contribution is 5.87. The van der Waals surface area contributed by atoms with Crippen LogP contribution in [0.4, 0.5) is 0 Å². The highest BCUT2D eigenvalue weighted by Crippen LogP contribution is 2.35. The summed E-state index contributed by atoms with van der Waals surface area (Å²) < 4.78 is 11.0. The number of carbonyl (C=O) groups is 1. The number of H-pyrrole nitrogens is 1. The maximum atomic E-state index is 12.9. The normalized spacial score (nSPS) is 15.5. The Hall–Kier alpha value is -3.54. The van der Waals surface area contributed by atoms with E-state index in [9.17, 15) is 9.59 Å². The second-order valence-corrected chi connectivity index (χ2v) is 8.84. The van der Waals surface area contributed by atoms with Crippen molar-refractivity contribution in [3.05, 3.63) is 74.8 Å². The van der Waals surface area contributed by atoms with Gasteiger partial charge in [0.15, 0.2) is 0 Å². The van der Waals surface area contributed by atoms with Gasteiger partial charge in [-0.25, -0.2) is 4.79 Å². The van der Waals surface area contributed by atoms with Crippen LogP contribution in [0, 0.1) is 13.8 Å². The molecule has 6 heteroatoms. The minimum absolute atomic E-state index is 0.0297. The number of carbonyl (C=O) groups excluding carboxylic acids is 1. The third-order valence-electron chi connectivity index (χ3n) is 6.93. The van der Waals surface area contributed by atoms with Gasteiger partial charge in [0, 0.05) is 39.5 Å². The summed E-state index contributed by atoms with van der Waals surface area (Å²) >= 11 is 0. The van der Waals surface area contributed by atoms with Crippen molar-refractivity contribution in [3.8, 4) is 5.75 Å². The lowest BCUT2D eigenvalue weighted by atomic mass is 9.91. The number of aromatic nitrogens is 1. The van der Waals surface area contributed by atoms with Gasteiger partial charge in [0.25, 0.3) is 0 Å². The number of para-hydroxylation sites is 1. The molecule has 0 spiro atoms. The Bertz CT molecular complexity index is 1430. The summed E-state index contributed by atoms with van der Waals surface area (Å²) in [5, 5.41) is 5.30. The second-order valence-electron chi connectivity index (χ2n) is 8.84. The minimum atomic E-state index is -0.389. The Morgan fingerprint density at radius 3 is 2.79 bits per heavy atom. The van der Waals surface area contributed by atoms with E-state index in [0.717, 1.165) is 47.0 Å². The van der Waals surface area contributed by atoms with Crippen molar-refractivity contribution >= 4 is 27.8 Å². The molecule has 6 nitrogen and oxygen atoms in total. The molecule has 0 saturated heterocycles. The molecule has 0 saturated carbocycles. The van der Waals surface area contributed by atoms with Crippen LogP contribution in [-0.2, 0) is 17.6 Å². The fraction of sp³-hybridized carbons (Fsp3) is 0.333. The number of hydrogen-bond acceptors (Lipinski definition) is 4. The number of methoxy groups -OCH3 is 1. The zero-order valence-corrected chi connectivity index (χ0v) is 19.2. The number of rotatable bonds is 5. The molecule has 1 atom stereocenters. The van der Waals surface area contributed by atoms with Gasteiger partial charge in [0.2, 0.25) is 5.91 Å². The topological polar surface area (TPSA) is 84.3 Å². The summed E-state index contributed by atoms with van der Waals surface area (Å²) in [7, 11) is 1.59. The molecule has 1 aliphatic rings. The third-order valence-corrected chi connectivity index (χ3v) is 6.93. The summed E-state index contributed by atoms with van der Waals surface area (Å²) in [4.78, 5) is 29.1. The van der Waals surface area contributed by atoms with E-state index in [1.807, 2.05) is 38.1 Å². The van der Waals surface area contributed by atoms with Gasteiger partial charge in [-0.3, -0.25) is 4.79 Å². The van der Waals surface area contributed by atoms with E-state index in [2.05, 4.69) is 22.4 Å². The molecule has 2 aromatic carbocycles. The molecule has 2 aromatic heterocycles. The van der Waals surface area contributed by atoms with Crippen molar-refractivity contribution in [2.24, 2.45) is 0 Å². The van der Waals surface area contributed by atoms with Gasteiger partial charge >= 0.3 is 5.63 Å². The van der Waals surface area contributed by atoms with Gasteiger partial charge < -0.3 is 19.5 Å². The molecule has 0 radical (unpaired) electrons. The van der Waals surface area contributed by atoms with Gasteiger partial charge in [-0.1, -0.05) is 18.2 Å². The summed E-state index contributed by atoms with van der Waals surface area (Å²) in [6.45, 7) is 3.79. The summed E-state index contributed by atoms with van der Waals surface area (Å²) in [6.07, 6.45) is 3.54. The number of benzene rings is 2. The van der Waals surface area contributed by atoms with Crippen LogP contribution in [0.1, 0.15) is 53.3 Å². The van der Waals surface area contributed by atoms with Gasteiger partial charge in [0.05, 0.1) is 13.2 Å². The number of fused-ring (bicyclic) bond motifs is 4. The molecule has 0 bridgehead atoms. The first-order chi connectivity index (χ1) is 16.0. The number of hydrogen-bond donors (Lipinski definition) is 2. The number of aromatic amines is 1. The van der Waals surface area contributed by atoms with Crippen molar-refractivity contribution in [2.45, 2.75) is 52.0 Å². The predicted octanol–water partition coefficient (Wildman–Crippen LogP) is 5.03. The molecule has 2 heterocycles. The Balaban J connectivity index is 1.35. The molecular weight excluding hydrogens is 416 g/mol. The molecule has 0 fully saturated rings. The molecule has 1 aliphatic carbocycles. The van der Waals surface area contributed by atoms with Crippen LogP contribution >= 0.6 is 0 Å². The minimum Gasteiger partial charge on any atom is -0.496 e. The van der Waals surface area contributed by atoms with E-state index in [4.69, 9.17) is 9.15 Å². The number of aryl methyl sites for hydroxylation is 3. The summed E-state index contributed by atoms with van der Waals surface area (Å²) in [5.74, 6) is 0.623. The SMILES string of the molecule is COc1ccc2c(C)c(CCC(=O)N[C@H]3CCCc4c3[nH]c3ccccc43)c(=O)oc2c1C. The van der Waals surface area contributed by atoms with E-state index in [1.165, 1.54) is 10.9 Å². The molecule has 5 rings (SSSR count). The van der Waals surface area contributed by atoms with E-state index in [1.54, 1.807) is 7.11 Å². The fourth-order valence-electron chi connectivity index (χ4n) is 5.15. The molecule has 2 N–H and O–H groups in total. The van der Waals surface area contributed by atoms with Gasteiger partial charge in [0.1, 0.15) is 11.3 Å². The Kier molecular flexibility index (Phi) is 5.44. The third kappa shape index (κ3) is 3.69. The van der Waals surface area contributed by atoms with E-state index >= 15 is 0 Å². The van der Waals surface area contributed by atoms with Crippen LogP contribution in [0.25, 0.3) is 21.9 Å². The van der Waals surface area contributed by atoms with Crippen molar-refractivity contribution in [2.75, 3.05) is 7.11 Å². The summed E-state index contributed by atoms with van der Waals surface area (Å²) in [5.41, 5.74) is 5.89. The number of nitrogens with one attached hydrogen (secondary N) is 2. The van der Waals surface area contributed by atoms with Crippen LogP contribution in [-0.4, -0.2) is 18.0 Å². The number of ether oxygens (including phenoxy) is 1. The highest BCUT2D eigenvalue weighted by Gasteiger charge is 2.25. The fourth-order valence-corrected chi connectivity index (χ4v) is 5.15. The van der Waals surface area contributed by atoms with Crippen molar-refractivity contribution in [1.82, 2.24) is 10.3 Å². The van der Waals surface area contributed by atoms with Gasteiger partial charge in [-0.05, 0) is 68.9 Å².